The van der Waals surface area contributed by atoms with Gasteiger partial charge >= 0.3 is 11.9 Å². The van der Waals surface area contributed by atoms with E-state index in [4.69, 9.17) is 26.9 Å². The molecule has 0 amide bonds. The number of carbonyl (C=O) groups is 2. The summed E-state index contributed by atoms with van der Waals surface area (Å²) in [4.78, 5) is 24.9. The summed E-state index contributed by atoms with van der Waals surface area (Å²) in [6.07, 6.45) is 20.6. The van der Waals surface area contributed by atoms with E-state index in [1.807, 2.05) is 18.2 Å². The molecule has 0 radical (unpaired) electrons. The average molecular weight is 459 g/mol. The Hall–Kier alpha value is -1.74. The van der Waals surface area contributed by atoms with E-state index in [0.717, 1.165) is 77.0 Å². The minimum Gasteiger partial charge on any atom is -0.481 e. The summed E-state index contributed by atoms with van der Waals surface area (Å²) in [5.74, 6) is -1.63. The van der Waals surface area contributed by atoms with Crippen LogP contribution in [0.15, 0.2) is 24.3 Å². The summed E-state index contributed by atoms with van der Waals surface area (Å²) < 4.78 is 0. The molecule has 7 N–H and O–H groups in total. The Morgan fingerprint density at radius 2 is 1.56 bits per heavy atom. The van der Waals surface area contributed by atoms with Crippen LogP contribution < -0.4 is 11.5 Å². The number of carboxylic acids is 2. The highest BCUT2D eigenvalue weighted by Crippen LogP contribution is 2.09. The molecule has 0 rings (SSSR count). The van der Waals surface area contributed by atoms with Crippen LogP contribution >= 0.6 is 0 Å². The van der Waals surface area contributed by atoms with Gasteiger partial charge in [0.25, 0.3) is 0 Å². The van der Waals surface area contributed by atoms with Gasteiger partial charge in [0.1, 0.15) is 12.1 Å². The third kappa shape index (κ3) is 26.3. The first-order valence-electron chi connectivity index (χ1n) is 11.9. The summed E-state index contributed by atoms with van der Waals surface area (Å²) in [5, 5.41) is 25.6. The highest BCUT2D eigenvalue weighted by atomic mass is 17.1. The molecule has 1 unspecified atom stereocenters. The van der Waals surface area contributed by atoms with Crippen molar-refractivity contribution in [1.82, 2.24) is 0 Å². The lowest BCUT2D eigenvalue weighted by Crippen LogP contribution is -2.29. The first-order chi connectivity index (χ1) is 15.4. The van der Waals surface area contributed by atoms with E-state index in [1.54, 1.807) is 0 Å². The van der Waals surface area contributed by atoms with Crippen molar-refractivity contribution in [2.75, 3.05) is 6.54 Å². The Kier molecular flexibility index (Phi) is 25.9. The Balaban J connectivity index is 0. The fourth-order valence-electron chi connectivity index (χ4n) is 2.84. The fraction of sp³-hybridized carbons (Fsp3) is 0.750. The number of hydrogen-bond acceptors (Lipinski definition) is 6. The fourth-order valence-corrected chi connectivity index (χ4v) is 2.84. The molecule has 8 heteroatoms. The van der Waals surface area contributed by atoms with Crippen molar-refractivity contribution in [2.45, 2.75) is 109 Å². The first-order valence-corrected chi connectivity index (χ1v) is 11.9. The van der Waals surface area contributed by atoms with Gasteiger partial charge in [-0.25, -0.2) is 4.89 Å². The predicted molar refractivity (Wildman–Crippen MR) is 128 cm³/mol. The van der Waals surface area contributed by atoms with Gasteiger partial charge in [-0.15, -0.1) is 0 Å². The second-order valence-corrected chi connectivity index (χ2v) is 7.88. The topological polar surface area (TPSA) is 156 Å². The molecule has 0 aliphatic carbocycles. The van der Waals surface area contributed by atoms with Crippen LogP contribution in [0.25, 0.3) is 0 Å². The Labute approximate surface area is 193 Å². The van der Waals surface area contributed by atoms with E-state index < -0.39 is 18.0 Å². The van der Waals surface area contributed by atoms with E-state index >= 15 is 0 Å². The number of hydrogen-bond donors (Lipinski definition) is 5. The van der Waals surface area contributed by atoms with Gasteiger partial charge in [-0.3, -0.25) is 14.8 Å². The summed E-state index contributed by atoms with van der Waals surface area (Å²) >= 11 is 0. The molecule has 0 fully saturated rings. The van der Waals surface area contributed by atoms with Crippen molar-refractivity contribution in [2.24, 2.45) is 11.5 Å². The van der Waals surface area contributed by atoms with Crippen LogP contribution in [-0.2, 0) is 14.5 Å². The standard InChI is InChI=1S/C18H32O4.C6H14N2O2/c1-2-3-11-14-17(22-21)15-12-9-7-5-4-6-8-10-13-16-18(19)20;7-4-2-1-3-5(8)6(9)10/h7,9,12,15,17,21H,2-6,8,10-11,13-14,16H2,1H3,(H,19,20);5H,1-4,7-8H2,(H,9,10)/b9-7-,15-12+;/t;5-/m.0/s1. The second-order valence-electron chi connectivity index (χ2n) is 7.88. The summed E-state index contributed by atoms with van der Waals surface area (Å²) in [5.41, 5.74) is 10.4. The summed E-state index contributed by atoms with van der Waals surface area (Å²) in [6, 6.07) is -0.716. The predicted octanol–water partition coefficient (Wildman–Crippen LogP) is 4.88. The zero-order valence-corrected chi connectivity index (χ0v) is 19.8. The molecule has 0 aliphatic heterocycles. The van der Waals surface area contributed by atoms with Gasteiger partial charge in [0.05, 0.1) is 0 Å². The zero-order valence-electron chi connectivity index (χ0n) is 19.8. The minimum absolute atomic E-state index is 0.203. The van der Waals surface area contributed by atoms with Crippen LogP contribution in [0.3, 0.4) is 0 Å². The van der Waals surface area contributed by atoms with Crippen molar-refractivity contribution >= 4 is 11.9 Å². The quantitative estimate of drug-likeness (QED) is 0.0747. The van der Waals surface area contributed by atoms with E-state index in [2.05, 4.69) is 17.9 Å². The summed E-state index contributed by atoms with van der Waals surface area (Å²) in [7, 11) is 0. The molecule has 0 aromatic carbocycles. The number of allylic oxidation sites excluding steroid dienone is 3. The third-order valence-electron chi connectivity index (χ3n) is 4.85. The lowest BCUT2D eigenvalue weighted by molar-refractivity contribution is -0.267. The average Bonchev–Trinajstić information content (AvgIpc) is 2.76. The molecule has 8 nitrogen and oxygen atoms in total. The second kappa shape index (κ2) is 25.5. The number of unbranched alkanes of at least 4 members (excludes halogenated alkanes) is 8. The van der Waals surface area contributed by atoms with Gasteiger partial charge in [-0.1, -0.05) is 76.2 Å². The largest absolute Gasteiger partial charge is 0.481 e. The smallest absolute Gasteiger partial charge is 0.320 e. The number of aliphatic carboxylic acids is 2. The summed E-state index contributed by atoms with van der Waals surface area (Å²) in [6.45, 7) is 2.76. The molecule has 0 bridgehead atoms. The molecule has 0 heterocycles. The molecular weight excluding hydrogens is 412 g/mol. The van der Waals surface area contributed by atoms with Crippen LogP contribution in [-0.4, -0.2) is 46.1 Å². The van der Waals surface area contributed by atoms with Crippen LogP contribution in [0.2, 0.25) is 0 Å². The first kappa shape index (κ1) is 32.4. The maximum absolute atomic E-state index is 10.3. The van der Waals surface area contributed by atoms with Crippen LogP contribution in [0.5, 0.6) is 0 Å². The minimum atomic E-state index is -0.933. The molecule has 2 atom stereocenters. The number of nitrogens with two attached hydrogens (primary N) is 2. The monoisotopic (exact) mass is 458 g/mol. The van der Waals surface area contributed by atoms with Crippen LogP contribution in [0.4, 0.5) is 0 Å². The third-order valence-corrected chi connectivity index (χ3v) is 4.85. The highest BCUT2D eigenvalue weighted by molar-refractivity contribution is 5.72. The Morgan fingerprint density at radius 1 is 0.906 bits per heavy atom. The molecule has 0 saturated carbocycles. The molecule has 32 heavy (non-hydrogen) atoms. The van der Waals surface area contributed by atoms with Crippen molar-refractivity contribution in [1.29, 1.82) is 0 Å². The van der Waals surface area contributed by atoms with Crippen molar-refractivity contribution in [3.63, 3.8) is 0 Å². The van der Waals surface area contributed by atoms with Gasteiger partial charge in [-0.05, 0) is 45.1 Å². The number of carboxylic acid groups (broad SMARTS) is 2. The zero-order chi connectivity index (χ0) is 24.5. The van der Waals surface area contributed by atoms with E-state index in [9.17, 15) is 9.59 Å². The molecule has 0 aromatic rings. The van der Waals surface area contributed by atoms with E-state index in [1.165, 1.54) is 0 Å². The Bertz CT molecular complexity index is 497. The highest BCUT2D eigenvalue weighted by Gasteiger charge is 2.09. The Morgan fingerprint density at radius 3 is 2.16 bits per heavy atom. The van der Waals surface area contributed by atoms with Crippen molar-refractivity contribution < 1.29 is 29.9 Å². The van der Waals surface area contributed by atoms with Crippen molar-refractivity contribution in [3.05, 3.63) is 24.3 Å². The normalized spacial score (nSPS) is 13.1. The van der Waals surface area contributed by atoms with Crippen LogP contribution in [0.1, 0.15) is 96.8 Å². The molecular formula is C24H46N2O6. The van der Waals surface area contributed by atoms with Gasteiger partial charge in [0, 0.05) is 6.42 Å². The SMILES string of the molecule is CCCCCC(/C=C/C=C\CCCCCCCC(=O)O)OO.NCCCC[C@H](N)C(=O)O. The maximum Gasteiger partial charge on any atom is 0.320 e. The van der Waals surface area contributed by atoms with Gasteiger partial charge in [0.2, 0.25) is 0 Å². The lowest BCUT2D eigenvalue weighted by atomic mass is 10.1. The van der Waals surface area contributed by atoms with Crippen LogP contribution in [0, 0.1) is 0 Å². The van der Waals surface area contributed by atoms with Crippen molar-refractivity contribution in [3.8, 4) is 0 Å². The number of rotatable bonds is 20. The van der Waals surface area contributed by atoms with Gasteiger partial charge in [0.15, 0.2) is 0 Å². The van der Waals surface area contributed by atoms with Gasteiger partial charge in [-0.2, -0.15) is 0 Å². The molecule has 0 spiro atoms. The van der Waals surface area contributed by atoms with E-state index in [-0.39, 0.29) is 12.5 Å². The molecule has 0 aliphatic rings. The maximum atomic E-state index is 10.3. The van der Waals surface area contributed by atoms with Gasteiger partial charge < -0.3 is 21.7 Å². The lowest BCUT2D eigenvalue weighted by Gasteiger charge is -2.07. The molecule has 0 saturated heterocycles. The molecule has 0 aromatic heterocycles. The van der Waals surface area contributed by atoms with E-state index in [0.29, 0.717) is 13.0 Å². The molecule has 188 valence electrons.